The largest absolute Gasteiger partial charge is 0.360 e. The van der Waals surface area contributed by atoms with Crippen LogP contribution in [0.2, 0.25) is 0 Å². The number of nitrogens with one attached hydrogen (secondary N) is 1. The van der Waals surface area contributed by atoms with Crippen LogP contribution in [0.3, 0.4) is 0 Å². The van der Waals surface area contributed by atoms with Gasteiger partial charge in [0.15, 0.2) is 5.82 Å². The standard InChI is InChI=1S/C15H17N3O4S/c1-11-10-14(17-22-11)16-15(19)13-8-5-9-18(13)23(20,21)12-6-3-2-4-7-12/h2-4,6-7,10,13H,5,8-9H2,1H3,(H,16,17,19)/t13-/m0/s1. The quantitative estimate of drug-likeness (QED) is 0.919. The van der Waals surface area contributed by atoms with Gasteiger partial charge in [0.2, 0.25) is 15.9 Å². The summed E-state index contributed by atoms with van der Waals surface area (Å²) in [5.74, 6) is 0.465. The summed E-state index contributed by atoms with van der Waals surface area (Å²) in [4.78, 5) is 12.6. The number of aryl methyl sites for hydroxylation is 1. The lowest BCUT2D eigenvalue weighted by Gasteiger charge is -2.22. The zero-order valence-corrected chi connectivity index (χ0v) is 13.4. The van der Waals surface area contributed by atoms with E-state index in [1.807, 2.05) is 0 Å². The second kappa shape index (κ2) is 6.13. The highest BCUT2D eigenvalue weighted by molar-refractivity contribution is 7.89. The lowest BCUT2D eigenvalue weighted by Crippen LogP contribution is -2.43. The third-order valence-corrected chi connectivity index (χ3v) is 5.66. The van der Waals surface area contributed by atoms with Gasteiger partial charge in [-0.05, 0) is 31.9 Å². The lowest BCUT2D eigenvalue weighted by atomic mass is 10.2. The molecule has 0 aliphatic carbocycles. The van der Waals surface area contributed by atoms with E-state index in [9.17, 15) is 13.2 Å². The molecule has 1 aliphatic rings. The fraction of sp³-hybridized carbons (Fsp3) is 0.333. The van der Waals surface area contributed by atoms with Crippen LogP contribution < -0.4 is 5.32 Å². The Balaban J connectivity index is 1.81. The minimum absolute atomic E-state index is 0.192. The number of hydrogen-bond acceptors (Lipinski definition) is 5. The summed E-state index contributed by atoms with van der Waals surface area (Å²) in [7, 11) is -3.69. The lowest BCUT2D eigenvalue weighted by molar-refractivity contribution is -0.119. The van der Waals surface area contributed by atoms with Crippen molar-refractivity contribution in [3.63, 3.8) is 0 Å². The number of sulfonamides is 1. The van der Waals surface area contributed by atoms with Crippen LogP contribution in [0.15, 0.2) is 45.8 Å². The molecule has 2 aromatic rings. The maximum atomic E-state index is 12.7. The molecular weight excluding hydrogens is 318 g/mol. The molecule has 0 bridgehead atoms. The summed E-state index contributed by atoms with van der Waals surface area (Å²) in [6, 6.07) is 8.99. The number of hydrogen-bond donors (Lipinski definition) is 1. The van der Waals surface area contributed by atoms with E-state index in [2.05, 4.69) is 10.5 Å². The first-order valence-electron chi connectivity index (χ1n) is 7.29. The third-order valence-electron chi connectivity index (χ3n) is 3.74. The van der Waals surface area contributed by atoms with Gasteiger partial charge in [-0.3, -0.25) is 4.79 Å². The number of benzene rings is 1. The van der Waals surface area contributed by atoms with E-state index in [1.165, 1.54) is 16.4 Å². The van der Waals surface area contributed by atoms with E-state index in [0.717, 1.165) is 0 Å². The predicted molar refractivity (Wildman–Crippen MR) is 83.2 cm³/mol. The Morgan fingerprint density at radius 3 is 2.74 bits per heavy atom. The Morgan fingerprint density at radius 1 is 1.35 bits per heavy atom. The van der Waals surface area contributed by atoms with Crippen LogP contribution in [-0.2, 0) is 14.8 Å². The van der Waals surface area contributed by atoms with Gasteiger partial charge in [0.1, 0.15) is 11.8 Å². The van der Waals surface area contributed by atoms with Crippen LogP contribution in [0, 0.1) is 6.92 Å². The average Bonchev–Trinajstić information content (AvgIpc) is 3.17. The minimum Gasteiger partial charge on any atom is -0.360 e. The van der Waals surface area contributed by atoms with Crippen molar-refractivity contribution >= 4 is 21.7 Å². The van der Waals surface area contributed by atoms with Crippen molar-refractivity contribution in [3.05, 3.63) is 42.2 Å². The molecule has 1 atom stereocenters. The summed E-state index contributed by atoms with van der Waals surface area (Å²) in [6.45, 7) is 2.04. The van der Waals surface area contributed by atoms with E-state index in [-0.39, 0.29) is 10.7 Å². The number of nitrogens with zero attached hydrogens (tertiary/aromatic N) is 2. The van der Waals surface area contributed by atoms with E-state index in [4.69, 9.17) is 4.52 Å². The Morgan fingerprint density at radius 2 is 2.09 bits per heavy atom. The fourth-order valence-corrected chi connectivity index (χ4v) is 4.33. The topological polar surface area (TPSA) is 92.5 Å². The highest BCUT2D eigenvalue weighted by Gasteiger charge is 2.39. The van der Waals surface area contributed by atoms with Crippen LogP contribution in [-0.4, -0.2) is 36.4 Å². The normalized spacial score (nSPS) is 18.9. The van der Waals surface area contributed by atoms with Crippen LogP contribution in [0.1, 0.15) is 18.6 Å². The molecule has 1 aromatic carbocycles. The molecule has 2 heterocycles. The van der Waals surface area contributed by atoms with Crippen LogP contribution in [0.25, 0.3) is 0 Å². The van der Waals surface area contributed by atoms with Crippen LogP contribution in [0.5, 0.6) is 0 Å². The highest BCUT2D eigenvalue weighted by atomic mass is 32.2. The number of rotatable bonds is 4. The molecule has 1 amide bonds. The number of amides is 1. The molecule has 1 N–H and O–H groups in total. The predicted octanol–water partition coefficient (Wildman–Crippen LogP) is 1.77. The van der Waals surface area contributed by atoms with Crippen molar-refractivity contribution in [1.29, 1.82) is 0 Å². The van der Waals surface area contributed by atoms with Gasteiger partial charge in [-0.2, -0.15) is 4.31 Å². The third kappa shape index (κ3) is 3.13. The Kier molecular flexibility index (Phi) is 4.18. The van der Waals surface area contributed by atoms with Gasteiger partial charge in [-0.1, -0.05) is 23.4 Å². The first-order chi connectivity index (χ1) is 11.0. The summed E-state index contributed by atoms with van der Waals surface area (Å²) in [5.41, 5.74) is 0. The van der Waals surface area contributed by atoms with Gasteiger partial charge in [0.05, 0.1) is 4.90 Å². The maximum absolute atomic E-state index is 12.7. The fourth-order valence-electron chi connectivity index (χ4n) is 2.65. The molecule has 1 aliphatic heterocycles. The van der Waals surface area contributed by atoms with Gasteiger partial charge in [-0.25, -0.2) is 8.42 Å². The monoisotopic (exact) mass is 335 g/mol. The zero-order valence-electron chi connectivity index (χ0n) is 12.6. The second-order valence-corrected chi connectivity index (χ2v) is 7.29. The molecule has 0 saturated carbocycles. The zero-order chi connectivity index (χ0) is 16.4. The number of anilines is 1. The molecule has 3 rings (SSSR count). The summed E-state index contributed by atoms with van der Waals surface area (Å²) in [6.07, 6.45) is 1.12. The first kappa shape index (κ1) is 15.7. The molecule has 1 aromatic heterocycles. The van der Waals surface area contributed by atoms with Crippen LogP contribution >= 0.6 is 0 Å². The van der Waals surface area contributed by atoms with E-state index in [0.29, 0.717) is 25.1 Å². The summed E-state index contributed by atoms with van der Waals surface area (Å²) >= 11 is 0. The summed E-state index contributed by atoms with van der Waals surface area (Å²) in [5, 5.41) is 6.31. The molecule has 8 heteroatoms. The van der Waals surface area contributed by atoms with Crippen molar-refractivity contribution in [2.45, 2.75) is 30.7 Å². The highest BCUT2D eigenvalue weighted by Crippen LogP contribution is 2.26. The van der Waals surface area contributed by atoms with Gasteiger partial charge in [0.25, 0.3) is 0 Å². The number of carbonyl (C=O) groups is 1. The Bertz CT molecular complexity index is 801. The number of carbonyl (C=O) groups excluding carboxylic acids is 1. The molecule has 122 valence electrons. The van der Waals surface area contributed by atoms with E-state index < -0.39 is 22.0 Å². The smallest absolute Gasteiger partial charge is 0.244 e. The molecule has 7 nitrogen and oxygen atoms in total. The van der Waals surface area contributed by atoms with Crippen LogP contribution in [0.4, 0.5) is 5.82 Å². The van der Waals surface area contributed by atoms with Gasteiger partial charge < -0.3 is 9.84 Å². The maximum Gasteiger partial charge on any atom is 0.244 e. The Labute approximate surface area is 134 Å². The number of aromatic nitrogens is 1. The van der Waals surface area contributed by atoms with E-state index >= 15 is 0 Å². The van der Waals surface area contributed by atoms with Crippen molar-refractivity contribution in [2.75, 3.05) is 11.9 Å². The van der Waals surface area contributed by atoms with Gasteiger partial charge >= 0.3 is 0 Å². The van der Waals surface area contributed by atoms with Crippen molar-refractivity contribution < 1.29 is 17.7 Å². The second-order valence-electron chi connectivity index (χ2n) is 5.40. The van der Waals surface area contributed by atoms with Gasteiger partial charge in [-0.15, -0.1) is 0 Å². The molecule has 23 heavy (non-hydrogen) atoms. The minimum atomic E-state index is -3.69. The van der Waals surface area contributed by atoms with Crippen molar-refractivity contribution in [1.82, 2.24) is 9.46 Å². The van der Waals surface area contributed by atoms with Crippen molar-refractivity contribution in [2.24, 2.45) is 0 Å². The molecule has 1 saturated heterocycles. The molecule has 0 spiro atoms. The molecule has 1 fully saturated rings. The van der Waals surface area contributed by atoms with Crippen molar-refractivity contribution in [3.8, 4) is 0 Å². The average molecular weight is 335 g/mol. The molecule has 0 unspecified atom stereocenters. The van der Waals surface area contributed by atoms with Gasteiger partial charge in [0, 0.05) is 12.6 Å². The SMILES string of the molecule is Cc1cc(NC(=O)[C@@H]2CCCN2S(=O)(=O)c2ccccc2)no1. The van der Waals surface area contributed by atoms with E-state index in [1.54, 1.807) is 31.2 Å². The Hall–Kier alpha value is -2.19. The molecule has 0 radical (unpaired) electrons. The first-order valence-corrected chi connectivity index (χ1v) is 8.73. The summed E-state index contributed by atoms with van der Waals surface area (Å²) < 4.78 is 31.6. The molecular formula is C15H17N3O4S.